The van der Waals surface area contributed by atoms with Crippen molar-refractivity contribution in [3.05, 3.63) is 35.9 Å². The lowest BCUT2D eigenvalue weighted by Gasteiger charge is -2.21. The number of terminal acetylenes is 1. The summed E-state index contributed by atoms with van der Waals surface area (Å²) >= 11 is 0. The fourth-order valence-corrected chi connectivity index (χ4v) is 2.33. The number of hydrogen-bond donors (Lipinski definition) is 1. The van der Waals surface area contributed by atoms with E-state index < -0.39 is 11.6 Å². The molecule has 0 aromatic heterocycles. The van der Waals surface area contributed by atoms with Crippen molar-refractivity contribution < 1.29 is 14.7 Å². The third-order valence-corrected chi connectivity index (χ3v) is 3.69. The highest BCUT2D eigenvalue weighted by atomic mass is 16.4. The maximum Gasteiger partial charge on any atom is 0.323 e. The van der Waals surface area contributed by atoms with E-state index in [4.69, 9.17) is 11.5 Å². The number of carbonyl (C=O) groups is 2. The Morgan fingerprint density at radius 2 is 1.91 bits per heavy atom. The van der Waals surface area contributed by atoms with Gasteiger partial charge in [-0.05, 0) is 5.56 Å². The van der Waals surface area contributed by atoms with Gasteiger partial charge in [0, 0.05) is 32.2 Å². The first-order valence-corrected chi connectivity index (χ1v) is 7.46. The van der Waals surface area contributed by atoms with E-state index in [2.05, 4.69) is 16.1 Å². The molecule has 6 nitrogen and oxygen atoms in total. The quantitative estimate of drug-likeness (QED) is 0.711. The Labute approximate surface area is 135 Å². The van der Waals surface area contributed by atoms with Crippen LogP contribution < -0.4 is 0 Å². The summed E-state index contributed by atoms with van der Waals surface area (Å²) in [6.45, 7) is -0.0447. The third-order valence-electron chi connectivity index (χ3n) is 3.69. The fourth-order valence-electron chi connectivity index (χ4n) is 2.33. The van der Waals surface area contributed by atoms with Crippen molar-refractivity contribution in [1.82, 2.24) is 4.90 Å². The van der Waals surface area contributed by atoms with E-state index in [1.807, 2.05) is 30.3 Å². The molecule has 1 aromatic rings. The van der Waals surface area contributed by atoms with Crippen LogP contribution in [0.25, 0.3) is 0 Å². The number of carbonyl (C=O) groups excluding carboxylic acids is 1. The van der Waals surface area contributed by atoms with Gasteiger partial charge in [0.05, 0.1) is 0 Å². The van der Waals surface area contributed by atoms with E-state index in [-0.39, 0.29) is 25.4 Å². The van der Waals surface area contributed by atoms with Gasteiger partial charge in [-0.25, -0.2) is 0 Å². The highest BCUT2D eigenvalue weighted by Gasteiger charge is 2.39. The van der Waals surface area contributed by atoms with E-state index >= 15 is 0 Å². The Hall–Kier alpha value is -2.68. The van der Waals surface area contributed by atoms with Gasteiger partial charge in [-0.1, -0.05) is 30.3 Å². The van der Waals surface area contributed by atoms with E-state index in [1.54, 1.807) is 0 Å². The molecular weight excluding hydrogens is 294 g/mol. The Morgan fingerprint density at radius 1 is 1.22 bits per heavy atom. The van der Waals surface area contributed by atoms with Gasteiger partial charge in [0.25, 0.3) is 0 Å². The lowest BCUT2D eigenvalue weighted by molar-refractivity contribution is -0.145. The molecule has 0 aliphatic carbocycles. The lowest BCUT2D eigenvalue weighted by atomic mass is 10.0. The van der Waals surface area contributed by atoms with Crippen LogP contribution >= 0.6 is 0 Å². The van der Waals surface area contributed by atoms with Crippen LogP contribution in [0.5, 0.6) is 0 Å². The summed E-state index contributed by atoms with van der Waals surface area (Å²) in [5, 5.41) is 17.0. The van der Waals surface area contributed by atoms with Gasteiger partial charge in [-0.2, -0.15) is 10.2 Å². The van der Waals surface area contributed by atoms with Gasteiger partial charge in [-0.15, -0.1) is 12.3 Å². The number of nitrogens with zero attached hydrogens (tertiary/aromatic N) is 3. The average Bonchev–Trinajstić information content (AvgIpc) is 3.31. The van der Waals surface area contributed by atoms with E-state index in [9.17, 15) is 9.59 Å². The van der Waals surface area contributed by atoms with Crippen molar-refractivity contribution in [3.63, 3.8) is 0 Å². The second-order valence-electron chi connectivity index (χ2n) is 5.52. The Kier molecular flexibility index (Phi) is 5.47. The standard InChI is InChI=1S/C17H19N3O3/c1-2-3-10-17(18-19-17)11-9-15(21)20(13-16(22)23)12-14-7-5-4-6-8-14/h1,4-8H,3,9-13H2,(H,22,23). The van der Waals surface area contributed by atoms with Crippen LogP contribution in [0.2, 0.25) is 0 Å². The lowest BCUT2D eigenvalue weighted by Crippen LogP contribution is -2.35. The molecule has 1 aliphatic rings. The number of benzene rings is 1. The van der Waals surface area contributed by atoms with Crippen LogP contribution in [0.1, 0.15) is 31.2 Å². The highest BCUT2D eigenvalue weighted by Crippen LogP contribution is 2.37. The normalized spacial score (nSPS) is 14.0. The highest BCUT2D eigenvalue weighted by molar-refractivity contribution is 5.81. The van der Waals surface area contributed by atoms with Crippen molar-refractivity contribution in [3.8, 4) is 12.3 Å². The van der Waals surface area contributed by atoms with Crippen LogP contribution in [0.4, 0.5) is 0 Å². The first-order chi connectivity index (χ1) is 11.0. The third kappa shape index (κ3) is 5.22. The van der Waals surface area contributed by atoms with Gasteiger partial charge in [-0.3, -0.25) is 9.59 Å². The van der Waals surface area contributed by atoms with Crippen LogP contribution in [0.15, 0.2) is 40.6 Å². The first-order valence-electron chi connectivity index (χ1n) is 7.46. The van der Waals surface area contributed by atoms with Gasteiger partial charge >= 0.3 is 5.97 Å². The largest absolute Gasteiger partial charge is 0.480 e. The van der Waals surface area contributed by atoms with Crippen LogP contribution in [-0.2, 0) is 16.1 Å². The molecule has 1 aliphatic heterocycles. The Morgan fingerprint density at radius 3 is 2.48 bits per heavy atom. The molecule has 0 spiro atoms. The van der Waals surface area contributed by atoms with Crippen LogP contribution in [0.3, 0.4) is 0 Å². The summed E-state index contributed by atoms with van der Waals surface area (Å²) in [5.41, 5.74) is 0.369. The molecule has 1 N–H and O–H groups in total. The number of carboxylic acids is 1. The monoisotopic (exact) mass is 313 g/mol. The predicted octanol–water partition coefficient (Wildman–Crippen LogP) is 2.46. The summed E-state index contributed by atoms with van der Waals surface area (Å²) in [6.07, 6.45) is 7.10. The molecule has 0 saturated heterocycles. The maximum absolute atomic E-state index is 12.4. The minimum Gasteiger partial charge on any atom is -0.480 e. The molecule has 2 rings (SSSR count). The molecule has 1 amide bonds. The molecule has 0 fully saturated rings. The number of carboxylic acid groups (broad SMARTS) is 1. The van der Waals surface area contributed by atoms with E-state index in [0.717, 1.165) is 5.56 Å². The van der Waals surface area contributed by atoms with Crippen molar-refractivity contribution in [1.29, 1.82) is 0 Å². The summed E-state index contributed by atoms with van der Waals surface area (Å²) in [7, 11) is 0. The van der Waals surface area contributed by atoms with Crippen LogP contribution in [-0.4, -0.2) is 34.1 Å². The van der Waals surface area contributed by atoms with Crippen molar-refractivity contribution in [2.75, 3.05) is 6.54 Å². The molecule has 0 atom stereocenters. The second kappa shape index (κ2) is 7.54. The molecule has 23 heavy (non-hydrogen) atoms. The Balaban J connectivity index is 1.92. The molecule has 1 aromatic carbocycles. The number of amides is 1. The minimum absolute atomic E-state index is 0.206. The molecular formula is C17H19N3O3. The van der Waals surface area contributed by atoms with Gasteiger partial charge in [0.1, 0.15) is 6.54 Å². The zero-order chi connectivity index (χ0) is 16.7. The molecule has 120 valence electrons. The number of rotatable bonds is 9. The van der Waals surface area contributed by atoms with Gasteiger partial charge < -0.3 is 10.0 Å². The molecule has 1 heterocycles. The van der Waals surface area contributed by atoms with Gasteiger partial charge in [0.2, 0.25) is 5.91 Å². The molecule has 0 unspecified atom stereocenters. The minimum atomic E-state index is -1.03. The predicted molar refractivity (Wildman–Crippen MR) is 84.4 cm³/mol. The smallest absolute Gasteiger partial charge is 0.323 e. The first kappa shape index (κ1) is 16.7. The SMILES string of the molecule is C#CCCC1(CCC(=O)N(CC(=O)O)Cc2ccccc2)N=N1. The average molecular weight is 313 g/mol. The van der Waals surface area contributed by atoms with Crippen LogP contribution in [0, 0.1) is 12.3 Å². The summed E-state index contributed by atoms with van der Waals surface area (Å²) in [5.74, 6) is 1.30. The van der Waals surface area contributed by atoms with Crippen molar-refractivity contribution in [2.45, 2.75) is 37.9 Å². The van der Waals surface area contributed by atoms with E-state index in [1.165, 1.54) is 4.90 Å². The zero-order valence-corrected chi connectivity index (χ0v) is 12.8. The number of hydrogen-bond acceptors (Lipinski definition) is 4. The molecule has 0 radical (unpaired) electrons. The molecule has 6 heteroatoms. The molecule has 0 bridgehead atoms. The van der Waals surface area contributed by atoms with E-state index in [0.29, 0.717) is 19.3 Å². The van der Waals surface area contributed by atoms with Crippen molar-refractivity contribution in [2.24, 2.45) is 10.2 Å². The summed E-state index contributed by atoms with van der Waals surface area (Å²) in [4.78, 5) is 24.7. The topological polar surface area (TPSA) is 82.3 Å². The Bertz CT molecular complexity index is 628. The summed E-state index contributed by atoms with van der Waals surface area (Å²) in [6, 6.07) is 9.31. The molecule has 0 saturated carbocycles. The second-order valence-corrected chi connectivity index (χ2v) is 5.52. The maximum atomic E-state index is 12.4. The fraction of sp³-hybridized carbons (Fsp3) is 0.412. The summed E-state index contributed by atoms with van der Waals surface area (Å²) < 4.78 is 0. The van der Waals surface area contributed by atoms with Gasteiger partial charge in [0.15, 0.2) is 5.66 Å². The number of aliphatic carboxylic acids is 1. The van der Waals surface area contributed by atoms with Crippen molar-refractivity contribution >= 4 is 11.9 Å². The zero-order valence-electron chi connectivity index (χ0n) is 12.8.